The van der Waals surface area contributed by atoms with Crippen molar-refractivity contribution < 1.29 is 4.79 Å². The van der Waals surface area contributed by atoms with Gasteiger partial charge in [-0.1, -0.05) is 50.6 Å². The topological polar surface area (TPSA) is 17.1 Å². The van der Waals surface area contributed by atoms with Gasteiger partial charge in [0.1, 0.15) is 13.5 Å². The van der Waals surface area contributed by atoms with Crippen molar-refractivity contribution in [3.63, 3.8) is 0 Å². The smallest absolute Gasteiger partial charge is 0.124 e. The highest BCUT2D eigenvalue weighted by Gasteiger charge is 2.39. The monoisotopic (exact) mass is 240 g/mol. The van der Waals surface area contributed by atoms with E-state index in [1.54, 1.807) is 0 Å². The van der Waals surface area contributed by atoms with Crippen LogP contribution in [-0.4, -0.2) is 21.6 Å². The van der Waals surface area contributed by atoms with Gasteiger partial charge in [-0.2, -0.15) is 0 Å². The molecule has 1 aliphatic rings. The third kappa shape index (κ3) is 2.91. The molecule has 0 heterocycles. The van der Waals surface area contributed by atoms with Crippen LogP contribution in [-0.2, 0) is 4.79 Å². The molecule has 0 amide bonds. The van der Waals surface area contributed by atoms with Gasteiger partial charge >= 0.3 is 0 Å². The first kappa shape index (κ1) is 12.9. The summed E-state index contributed by atoms with van der Waals surface area (Å²) in [5, 5.41) is 2.10. The third-order valence-corrected chi connectivity index (χ3v) is 7.23. The van der Waals surface area contributed by atoms with Crippen molar-refractivity contribution in [1.82, 2.24) is 0 Å². The molecular formula is C12H24OSi2. The molecule has 0 fully saturated rings. The van der Waals surface area contributed by atoms with Gasteiger partial charge < -0.3 is 4.79 Å². The Balaban J connectivity index is 2.91. The molecule has 0 bridgehead atoms. The number of allylic oxidation sites excluding steroid dienone is 2. The molecule has 86 valence electrons. The summed E-state index contributed by atoms with van der Waals surface area (Å²) >= 11 is 0. The Labute approximate surface area is 96.0 Å². The van der Waals surface area contributed by atoms with E-state index in [1.807, 2.05) is 0 Å². The molecule has 0 spiro atoms. The quantitative estimate of drug-likeness (QED) is 0.688. The van der Waals surface area contributed by atoms with Gasteiger partial charge in [-0.05, 0) is 12.8 Å². The van der Waals surface area contributed by atoms with Gasteiger partial charge in [-0.3, -0.25) is 0 Å². The van der Waals surface area contributed by atoms with Gasteiger partial charge in [-0.25, -0.2) is 0 Å². The summed E-state index contributed by atoms with van der Waals surface area (Å²) in [4.78, 5) is 12.4. The molecule has 0 N–H and O–H groups in total. The van der Waals surface area contributed by atoms with Crippen LogP contribution in [0.3, 0.4) is 0 Å². The molecule has 3 heteroatoms. The Morgan fingerprint density at radius 2 is 1.73 bits per heavy atom. The van der Waals surface area contributed by atoms with E-state index < -0.39 is 16.1 Å². The van der Waals surface area contributed by atoms with E-state index in [1.165, 1.54) is 5.20 Å². The lowest BCUT2D eigenvalue weighted by molar-refractivity contribution is -0.115. The third-order valence-electron chi connectivity index (χ3n) is 3.12. The normalized spacial score (nSPS) is 22.8. The second-order valence-electron chi connectivity index (χ2n) is 6.65. The first-order valence-electron chi connectivity index (χ1n) is 5.89. The van der Waals surface area contributed by atoms with Crippen LogP contribution in [0.25, 0.3) is 0 Å². The molecule has 1 rings (SSSR count). The second-order valence-corrected chi connectivity index (χ2v) is 16.7. The van der Waals surface area contributed by atoms with Crippen LogP contribution >= 0.6 is 0 Å². The maximum atomic E-state index is 12.4. The van der Waals surface area contributed by atoms with Crippen LogP contribution < -0.4 is 0 Å². The van der Waals surface area contributed by atoms with Crippen molar-refractivity contribution in [3.05, 3.63) is 11.3 Å². The minimum Gasteiger partial charge on any atom is -0.305 e. The zero-order valence-electron chi connectivity index (χ0n) is 11.0. The van der Waals surface area contributed by atoms with Crippen LogP contribution in [0.2, 0.25) is 39.3 Å². The maximum absolute atomic E-state index is 12.4. The lowest BCUT2D eigenvalue weighted by atomic mass is 10.1. The van der Waals surface area contributed by atoms with Gasteiger partial charge in [0.05, 0.1) is 8.07 Å². The maximum Gasteiger partial charge on any atom is 0.124 e. The highest BCUT2D eigenvalue weighted by atomic mass is 28.3. The molecule has 0 aliphatic heterocycles. The van der Waals surface area contributed by atoms with Gasteiger partial charge in [0.15, 0.2) is 0 Å². The van der Waals surface area contributed by atoms with Crippen LogP contribution in [0.5, 0.6) is 0 Å². The Bertz CT molecular complexity index is 292. The fourth-order valence-electron chi connectivity index (χ4n) is 2.33. The van der Waals surface area contributed by atoms with Gasteiger partial charge in [0, 0.05) is 5.92 Å². The fraction of sp³-hybridized carbons (Fsp3) is 0.750. The molecule has 0 saturated carbocycles. The largest absolute Gasteiger partial charge is 0.305 e. The summed E-state index contributed by atoms with van der Waals surface area (Å²) in [5.41, 5.74) is 0. The number of carbonyl (C=O) groups is 1. The minimum absolute atomic E-state index is 0.295. The van der Waals surface area contributed by atoms with E-state index in [2.05, 4.69) is 45.4 Å². The highest BCUT2D eigenvalue weighted by molar-refractivity contribution is 7.04. The summed E-state index contributed by atoms with van der Waals surface area (Å²) in [5.74, 6) is 0.295. The molecule has 0 radical (unpaired) electrons. The van der Waals surface area contributed by atoms with Crippen molar-refractivity contribution in [2.45, 2.75) is 52.1 Å². The van der Waals surface area contributed by atoms with E-state index in [-0.39, 0.29) is 0 Å². The average Bonchev–Trinajstić information content (AvgIpc) is 2.47. The predicted molar refractivity (Wildman–Crippen MR) is 72.5 cm³/mol. The average molecular weight is 240 g/mol. The SMILES string of the molecule is C[Si](C)(C)C(=O)C1CCC=C1[Si](C)(C)C. The zero-order chi connectivity index (χ0) is 11.9. The van der Waals surface area contributed by atoms with Crippen molar-refractivity contribution >= 4 is 21.6 Å². The number of carbonyl (C=O) groups excluding carboxylic acids is 1. The van der Waals surface area contributed by atoms with Gasteiger partial charge in [0.25, 0.3) is 0 Å². The standard InChI is InChI=1S/C12H24OSi2/c1-14(2,3)11-9-7-8-10(11)12(13)15(4,5)6/h9-10H,7-8H2,1-6H3. The van der Waals surface area contributed by atoms with Crippen molar-refractivity contribution in [2.24, 2.45) is 5.92 Å². The van der Waals surface area contributed by atoms with E-state index in [0.717, 1.165) is 12.8 Å². The first-order valence-corrected chi connectivity index (χ1v) is 12.9. The Morgan fingerprint density at radius 1 is 1.20 bits per heavy atom. The van der Waals surface area contributed by atoms with E-state index in [4.69, 9.17) is 0 Å². The van der Waals surface area contributed by atoms with Crippen LogP contribution in [0.4, 0.5) is 0 Å². The van der Waals surface area contributed by atoms with E-state index >= 15 is 0 Å². The zero-order valence-corrected chi connectivity index (χ0v) is 13.0. The summed E-state index contributed by atoms with van der Waals surface area (Å²) in [6.45, 7) is 13.6. The van der Waals surface area contributed by atoms with E-state index in [0.29, 0.717) is 11.3 Å². The predicted octanol–water partition coefficient (Wildman–Crippen LogP) is 3.65. The molecule has 1 unspecified atom stereocenters. The fourth-order valence-corrected chi connectivity index (χ4v) is 5.89. The molecule has 15 heavy (non-hydrogen) atoms. The summed E-state index contributed by atoms with van der Waals surface area (Å²) in [6, 6.07) is 0. The molecule has 0 aromatic carbocycles. The Morgan fingerprint density at radius 3 is 2.13 bits per heavy atom. The molecule has 1 aliphatic carbocycles. The van der Waals surface area contributed by atoms with Crippen molar-refractivity contribution in [2.75, 3.05) is 0 Å². The number of hydrogen-bond donors (Lipinski definition) is 0. The summed E-state index contributed by atoms with van der Waals surface area (Å²) in [6.07, 6.45) is 4.57. The lowest BCUT2D eigenvalue weighted by Gasteiger charge is -2.28. The molecule has 1 atom stereocenters. The molecule has 0 aromatic rings. The summed E-state index contributed by atoms with van der Waals surface area (Å²) < 4.78 is 0. The van der Waals surface area contributed by atoms with Crippen LogP contribution in [0, 0.1) is 5.92 Å². The minimum atomic E-state index is -1.60. The van der Waals surface area contributed by atoms with Gasteiger partial charge in [0.2, 0.25) is 0 Å². The van der Waals surface area contributed by atoms with E-state index in [9.17, 15) is 4.79 Å². The molecule has 1 nitrogen and oxygen atoms in total. The van der Waals surface area contributed by atoms with Crippen molar-refractivity contribution in [3.8, 4) is 0 Å². The Hall–Kier alpha value is -0.156. The van der Waals surface area contributed by atoms with Crippen molar-refractivity contribution in [1.29, 1.82) is 0 Å². The number of hydrogen-bond acceptors (Lipinski definition) is 1. The molecule has 0 aromatic heterocycles. The molecule has 0 saturated heterocycles. The van der Waals surface area contributed by atoms with Crippen LogP contribution in [0.15, 0.2) is 11.3 Å². The lowest BCUT2D eigenvalue weighted by Crippen LogP contribution is -2.42. The Kier molecular flexibility index (Phi) is 3.46. The second kappa shape index (κ2) is 4.02. The van der Waals surface area contributed by atoms with Gasteiger partial charge in [-0.15, -0.1) is 0 Å². The number of rotatable bonds is 3. The molecular weight excluding hydrogens is 216 g/mol. The summed E-state index contributed by atoms with van der Waals surface area (Å²) in [7, 11) is -2.87. The van der Waals surface area contributed by atoms with Crippen LogP contribution in [0.1, 0.15) is 12.8 Å². The highest BCUT2D eigenvalue weighted by Crippen LogP contribution is 2.35. The first-order chi connectivity index (χ1) is 6.64.